The molecular formula is C22H25N3O7S. The lowest BCUT2D eigenvalue weighted by Gasteiger charge is -2.33. The fourth-order valence-electron chi connectivity index (χ4n) is 3.83. The molecule has 11 heteroatoms. The van der Waals surface area contributed by atoms with Crippen molar-refractivity contribution in [2.45, 2.75) is 24.7 Å². The highest BCUT2D eigenvalue weighted by atomic mass is 32.2. The van der Waals surface area contributed by atoms with E-state index in [0.717, 1.165) is 5.75 Å². The molecule has 0 saturated carbocycles. The molecule has 2 aliphatic rings. The van der Waals surface area contributed by atoms with Gasteiger partial charge in [-0.05, 0) is 19.1 Å². The molecule has 1 unspecified atom stereocenters. The van der Waals surface area contributed by atoms with Crippen molar-refractivity contribution < 1.29 is 28.5 Å². The van der Waals surface area contributed by atoms with Crippen molar-refractivity contribution in [1.29, 1.82) is 0 Å². The monoisotopic (exact) mass is 475 g/mol. The summed E-state index contributed by atoms with van der Waals surface area (Å²) in [6, 6.07) is 3.25. The molecule has 33 heavy (non-hydrogen) atoms. The Hall–Kier alpha value is -3.05. The molecule has 1 fully saturated rings. The van der Waals surface area contributed by atoms with E-state index in [0.29, 0.717) is 41.9 Å². The van der Waals surface area contributed by atoms with E-state index in [-0.39, 0.29) is 41.7 Å². The number of carbonyl (C=O) groups excluding carboxylic acids is 2. The predicted molar refractivity (Wildman–Crippen MR) is 120 cm³/mol. The van der Waals surface area contributed by atoms with Gasteiger partial charge in [0.1, 0.15) is 18.3 Å². The Bertz CT molecular complexity index is 1130. The van der Waals surface area contributed by atoms with Gasteiger partial charge in [0.25, 0.3) is 11.5 Å². The van der Waals surface area contributed by atoms with E-state index in [1.807, 2.05) is 0 Å². The molecule has 1 saturated heterocycles. The first-order valence-electron chi connectivity index (χ1n) is 10.5. The number of thioether (sulfide) groups is 1. The van der Waals surface area contributed by atoms with Crippen LogP contribution in [0.3, 0.4) is 0 Å². The maximum atomic E-state index is 13.1. The molecule has 10 nitrogen and oxygen atoms in total. The zero-order chi connectivity index (χ0) is 23.5. The lowest BCUT2D eigenvalue weighted by atomic mass is 10.1. The number of ketones is 1. The van der Waals surface area contributed by atoms with Gasteiger partial charge in [0.15, 0.2) is 22.4 Å². The Balaban J connectivity index is 1.49. The molecule has 176 valence electrons. The molecule has 1 atom stereocenters. The Morgan fingerprint density at radius 3 is 2.73 bits per heavy atom. The summed E-state index contributed by atoms with van der Waals surface area (Å²) in [6.45, 7) is 2.94. The summed E-state index contributed by atoms with van der Waals surface area (Å²) in [5, 5.41) is 0.637. The number of rotatable bonds is 7. The van der Waals surface area contributed by atoms with Gasteiger partial charge in [0.2, 0.25) is 5.75 Å². The van der Waals surface area contributed by atoms with Crippen LogP contribution in [0, 0.1) is 0 Å². The third-order valence-corrected chi connectivity index (χ3v) is 6.48. The van der Waals surface area contributed by atoms with Crippen LogP contribution in [0.25, 0.3) is 0 Å². The molecular weight excluding hydrogens is 450 g/mol. The summed E-state index contributed by atoms with van der Waals surface area (Å²) in [4.78, 5) is 43.7. The van der Waals surface area contributed by atoms with Crippen LogP contribution in [-0.2, 0) is 11.3 Å². The summed E-state index contributed by atoms with van der Waals surface area (Å²) in [5.74, 6) is 1.21. The number of hydrogen-bond donors (Lipinski definition) is 0. The second-order valence-electron chi connectivity index (χ2n) is 7.55. The molecule has 3 heterocycles. The molecule has 0 spiro atoms. The van der Waals surface area contributed by atoms with Crippen LogP contribution in [0.2, 0.25) is 0 Å². The highest BCUT2D eigenvalue weighted by Crippen LogP contribution is 2.40. The SMILES string of the molecule is COc1ccc(C(C)=O)c(OCC2CN(C(=O)c3cnc4n(c3=O)CCS4)CCO2)c1OC. The average molecular weight is 476 g/mol. The standard InChI is InChI=1S/C22H25N3O7S/c1-13(26)15-4-5-17(29-2)19(30-3)18(15)32-12-14-11-24(6-8-31-14)20(27)16-10-23-22-25(21(16)28)7-9-33-22/h4-5,10,14H,6-9,11-12H2,1-3H3. The maximum Gasteiger partial charge on any atom is 0.267 e. The summed E-state index contributed by atoms with van der Waals surface area (Å²) in [7, 11) is 2.96. The van der Waals surface area contributed by atoms with Gasteiger partial charge in [0.05, 0.1) is 32.9 Å². The highest BCUT2D eigenvalue weighted by molar-refractivity contribution is 7.99. The number of ether oxygens (including phenoxy) is 4. The Morgan fingerprint density at radius 2 is 2.00 bits per heavy atom. The number of hydrogen-bond acceptors (Lipinski definition) is 9. The van der Waals surface area contributed by atoms with E-state index >= 15 is 0 Å². The zero-order valence-corrected chi connectivity index (χ0v) is 19.5. The van der Waals surface area contributed by atoms with E-state index in [9.17, 15) is 14.4 Å². The van der Waals surface area contributed by atoms with E-state index < -0.39 is 6.10 Å². The number of nitrogens with zero attached hydrogens (tertiary/aromatic N) is 3. The summed E-state index contributed by atoms with van der Waals surface area (Å²) >= 11 is 1.50. The minimum absolute atomic E-state index is 0.0520. The van der Waals surface area contributed by atoms with E-state index in [4.69, 9.17) is 18.9 Å². The summed E-state index contributed by atoms with van der Waals surface area (Å²) in [6.07, 6.45) is 0.898. The molecule has 2 aliphatic heterocycles. The predicted octanol–water partition coefficient (Wildman–Crippen LogP) is 1.49. The first-order chi connectivity index (χ1) is 15.9. The Kier molecular flexibility index (Phi) is 6.89. The molecule has 1 aromatic carbocycles. The van der Waals surface area contributed by atoms with Gasteiger partial charge in [-0.25, -0.2) is 4.98 Å². The third-order valence-electron chi connectivity index (χ3n) is 5.51. The van der Waals surface area contributed by atoms with Crippen molar-refractivity contribution in [3.8, 4) is 17.2 Å². The van der Waals surface area contributed by atoms with Gasteiger partial charge < -0.3 is 23.8 Å². The molecule has 1 amide bonds. The smallest absolute Gasteiger partial charge is 0.267 e. The van der Waals surface area contributed by atoms with Crippen molar-refractivity contribution in [3.63, 3.8) is 0 Å². The second kappa shape index (κ2) is 9.84. The molecule has 0 aliphatic carbocycles. The van der Waals surface area contributed by atoms with Crippen LogP contribution in [-0.4, -0.2) is 78.5 Å². The Labute approximate surface area is 194 Å². The molecule has 0 bridgehead atoms. The zero-order valence-electron chi connectivity index (χ0n) is 18.7. The number of carbonyl (C=O) groups is 2. The van der Waals surface area contributed by atoms with E-state index in [1.165, 1.54) is 43.7 Å². The third kappa shape index (κ3) is 4.55. The van der Waals surface area contributed by atoms with Crippen LogP contribution >= 0.6 is 11.8 Å². The number of amides is 1. The van der Waals surface area contributed by atoms with Crippen molar-refractivity contribution in [2.24, 2.45) is 0 Å². The van der Waals surface area contributed by atoms with Crippen LogP contribution < -0.4 is 19.8 Å². The number of benzene rings is 1. The minimum atomic E-state index is -0.459. The first-order valence-corrected chi connectivity index (χ1v) is 11.4. The minimum Gasteiger partial charge on any atom is -0.493 e. The molecule has 0 radical (unpaired) electrons. The maximum absolute atomic E-state index is 13.1. The number of morpholine rings is 1. The fraction of sp³-hybridized carbons (Fsp3) is 0.455. The fourth-order valence-corrected chi connectivity index (χ4v) is 4.75. The first kappa shape index (κ1) is 23.1. The van der Waals surface area contributed by atoms with Crippen LogP contribution in [0.1, 0.15) is 27.6 Å². The quantitative estimate of drug-likeness (QED) is 0.435. The van der Waals surface area contributed by atoms with E-state index in [2.05, 4.69) is 4.98 Å². The van der Waals surface area contributed by atoms with Crippen molar-refractivity contribution in [2.75, 3.05) is 46.3 Å². The van der Waals surface area contributed by atoms with Gasteiger partial charge in [-0.3, -0.25) is 19.0 Å². The second-order valence-corrected chi connectivity index (χ2v) is 8.61. The number of methoxy groups -OCH3 is 2. The van der Waals surface area contributed by atoms with Gasteiger partial charge in [-0.2, -0.15) is 0 Å². The lowest BCUT2D eigenvalue weighted by Crippen LogP contribution is -2.49. The van der Waals surface area contributed by atoms with Crippen molar-refractivity contribution in [3.05, 3.63) is 39.8 Å². The van der Waals surface area contributed by atoms with Crippen LogP contribution in [0.15, 0.2) is 28.3 Å². The van der Waals surface area contributed by atoms with Gasteiger partial charge >= 0.3 is 0 Å². The molecule has 2 aromatic rings. The summed E-state index contributed by atoms with van der Waals surface area (Å²) < 4.78 is 24.0. The molecule has 1 aromatic heterocycles. The van der Waals surface area contributed by atoms with Crippen molar-refractivity contribution >= 4 is 23.5 Å². The van der Waals surface area contributed by atoms with Gasteiger partial charge in [-0.15, -0.1) is 0 Å². The van der Waals surface area contributed by atoms with Crippen LogP contribution in [0.5, 0.6) is 17.2 Å². The number of fused-ring (bicyclic) bond motifs is 1. The Morgan fingerprint density at radius 1 is 1.18 bits per heavy atom. The van der Waals surface area contributed by atoms with Gasteiger partial charge in [0, 0.05) is 25.0 Å². The number of aromatic nitrogens is 2. The van der Waals surface area contributed by atoms with E-state index in [1.54, 1.807) is 17.0 Å². The van der Waals surface area contributed by atoms with Crippen LogP contribution in [0.4, 0.5) is 0 Å². The molecule has 0 N–H and O–H groups in total. The van der Waals surface area contributed by atoms with Crippen molar-refractivity contribution in [1.82, 2.24) is 14.5 Å². The lowest BCUT2D eigenvalue weighted by molar-refractivity contribution is -0.0405. The number of Topliss-reactive ketones (excluding diaryl/α,β-unsaturated/α-hetero) is 1. The highest BCUT2D eigenvalue weighted by Gasteiger charge is 2.30. The summed E-state index contributed by atoms with van der Waals surface area (Å²) in [5.41, 5.74) is 0.0872. The normalized spacial score (nSPS) is 17.4. The topological polar surface area (TPSA) is 109 Å². The van der Waals surface area contributed by atoms with Gasteiger partial charge in [-0.1, -0.05) is 11.8 Å². The average Bonchev–Trinajstić information content (AvgIpc) is 3.31. The molecule has 4 rings (SSSR count). The largest absolute Gasteiger partial charge is 0.493 e.